The first-order chi connectivity index (χ1) is 14.1. The topological polar surface area (TPSA) is 61.8 Å². The average Bonchev–Trinajstić information content (AvgIpc) is 3.39. The third-order valence-corrected chi connectivity index (χ3v) is 6.24. The van der Waals surface area contributed by atoms with E-state index in [1.807, 2.05) is 0 Å². The van der Waals surface area contributed by atoms with E-state index in [9.17, 15) is 4.79 Å². The lowest BCUT2D eigenvalue weighted by atomic mass is 10.0. The number of carboxylic acids is 1. The molecule has 0 saturated heterocycles. The summed E-state index contributed by atoms with van der Waals surface area (Å²) >= 11 is 1.50. The zero-order valence-corrected chi connectivity index (χ0v) is 17.2. The van der Waals surface area contributed by atoms with Crippen LogP contribution in [0, 0.1) is 17.8 Å². The maximum atomic E-state index is 11.1. The van der Waals surface area contributed by atoms with Gasteiger partial charge in [-0.2, -0.15) is 0 Å². The molecule has 5 nitrogen and oxygen atoms in total. The third-order valence-electron chi connectivity index (χ3n) is 5.41. The van der Waals surface area contributed by atoms with Crippen molar-refractivity contribution in [3.63, 3.8) is 0 Å². The van der Waals surface area contributed by atoms with Crippen molar-refractivity contribution in [2.75, 3.05) is 11.8 Å². The van der Waals surface area contributed by atoms with E-state index in [1.165, 1.54) is 62.1 Å². The minimum atomic E-state index is -0.968. The van der Waals surface area contributed by atoms with Crippen LogP contribution in [-0.2, 0) is 13.1 Å². The molecule has 2 aromatic rings. The van der Waals surface area contributed by atoms with E-state index >= 15 is 0 Å². The molecular formula is C23H24N2O3S. The standard InChI is InChI=1S/C23H24N2O3S/c1-28-22-13-18(23(26)27)10-11-21(22)24-29-25-14-19-9-8-17(12-20(19)15-25)7-6-16-4-2-3-5-16/h8-13,16,24H,2-5,14-15H2,1H3,(H,26,27). The molecule has 0 radical (unpaired) electrons. The fraction of sp³-hybridized carbons (Fsp3) is 0.348. The van der Waals surface area contributed by atoms with Crippen molar-refractivity contribution >= 4 is 23.8 Å². The summed E-state index contributed by atoms with van der Waals surface area (Å²) in [6, 6.07) is 11.3. The first-order valence-corrected chi connectivity index (χ1v) is 10.6. The number of carboxylic acid groups (broad SMARTS) is 1. The number of nitrogens with one attached hydrogen (secondary N) is 1. The zero-order valence-electron chi connectivity index (χ0n) is 16.4. The Morgan fingerprint density at radius 2 is 1.97 bits per heavy atom. The Morgan fingerprint density at radius 3 is 2.72 bits per heavy atom. The van der Waals surface area contributed by atoms with E-state index in [0.29, 0.717) is 11.7 Å². The van der Waals surface area contributed by atoms with E-state index in [0.717, 1.165) is 24.3 Å². The number of fused-ring (bicyclic) bond motifs is 1. The van der Waals surface area contributed by atoms with Crippen LogP contribution in [0.15, 0.2) is 36.4 Å². The van der Waals surface area contributed by atoms with Crippen LogP contribution in [0.3, 0.4) is 0 Å². The summed E-state index contributed by atoms with van der Waals surface area (Å²) in [6.45, 7) is 1.68. The van der Waals surface area contributed by atoms with Crippen molar-refractivity contribution in [3.05, 3.63) is 58.7 Å². The number of hydrogen-bond acceptors (Lipinski definition) is 5. The van der Waals surface area contributed by atoms with Gasteiger partial charge in [-0.3, -0.25) is 0 Å². The predicted molar refractivity (Wildman–Crippen MR) is 116 cm³/mol. The molecule has 2 aromatic carbocycles. The van der Waals surface area contributed by atoms with Crippen molar-refractivity contribution < 1.29 is 14.6 Å². The largest absolute Gasteiger partial charge is 0.495 e. The molecule has 2 N–H and O–H groups in total. The molecule has 1 aliphatic carbocycles. The monoisotopic (exact) mass is 408 g/mol. The molecule has 0 bridgehead atoms. The highest BCUT2D eigenvalue weighted by Crippen LogP contribution is 2.33. The van der Waals surface area contributed by atoms with Gasteiger partial charge in [0.15, 0.2) is 0 Å². The third kappa shape index (κ3) is 4.69. The number of benzene rings is 2. The normalized spacial score (nSPS) is 16.2. The quantitative estimate of drug-likeness (QED) is 0.541. The molecule has 4 rings (SSSR count). The first kappa shape index (κ1) is 19.7. The van der Waals surface area contributed by atoms with Gasteiger partial charge in [0.25, 0.3) is 0 Å². The Labute approximate surface area is 175 Å². The van der Waals surface area contributed by atoms with Crippen LogP contribution in [-0.4, -0.2) is 22.5 Å². The minimum absolute atomic E-state index is 0.206. The lowest BCUT2D eigenvalue weighted by Crippen LogP contribution is -2.10. The summed E-state index contributed by atoms with van der Waals surface area (Å²) in [5, 5.41) is 9.12. The summed E-state index contributed by atoms with van der Waals surface area (Å²) in [7, 11) is 1.54. The van der Waals surface area contributed by atoms with E-state index in [2.05, 4.69) is 39.1 Å². The van der Waals surface area contributed by atoms with Gasteiger partial charge >= 0.3 is 5.97 Å². The minimum Gasteiger partial charge on any atom is -0.495 e. The van der Waals surface area contributed by atoms with Crippen LogP contribution < -0.4 is 9.46 Å². The smallest absolute Gasteiger partial charge is 0.335 e. The fourth-order valence-electron chi connectivity index (χ4n) is 3.78. The fourth-order valence-corrected chi connectivity index (χ4v) is 4.59. The number of rotatable bonds is 5. The van der Waals surface area contributed by atoms with Gasteiger partial charge in [0, 0.05) is 36.7 Å². The van der Waals surface area contributed by atoms with Gasteiger partial charge < -0.3 is 14.6 Å². The Balaban J connectivity index is 1.38. The Bertz CT molecular complexity index is 974. The highest BCUT2D eigenvalue weighted by Gasteiger charge is 2.20. The van der Waals surface area contributed by atoms with Crippen molar-refractivity contribution in [1.29, 1.82) is 0 Å². The molecule has 1 heterocycles. The Morgan fingerprint density at radius 1 is 1.17 bits per heavy atom. The van der Waals surface area contributed by atoms with Crippen LogP contribution in [0.1, 0.15) is 52.7 Å². The number of anilines is 1. The highest BCUT2D eigenvalue weighted by atomic mass is 32.2. The van der Waals surface area contributed by atoms with Gasteiger partial charge in [0.1, 0.15) is 5.75 Å². The number of carbonyl (C=O) groups is 1. The maximum Gasteiger partial charge on any atom is 0.335 e. The second kappa shape index (κ2) is 8.81. The van der Waals surface area contributed by atoms with E-state index in [-0.39, 0.29) is 5.56 Å². The van der Waals surface area contributed by atoms with Crippen LogP contribution >= 0.6 is 12.1 Å². The lowest BCUT2D eigenvalue weighted by Gasteiger charge is -2.16. The van der Waals surface area contributed by atoms with Gasteiger partial charge in [0.2, 0.25) is 0 Å². The van der Waals surface area contributed by atoms with E-state index < -0.39 is 5.97 Å². The van der Waals surface area contributed by atoms with E-state index in [4.69, 9.17) is 9.84 Å². The lowest BCUT2D eigenvalue weighted by molar-refractivity contribution is 0.0696. The summed E-state index contributed by atoms with van der Waals surface area (Å²) in [6.07, 6.45) is 5.11. The van der Waals surface area contributed by atoms with Crippen molar-refractivity contribution in [1.82, 2.24) is 4.31 Å². The van der Waals surface area contributed by atoms with Crippen LogP contribution in [0.4, 0.5) is 5.69 Å². The summed E-state index contributed by atoms with van der Waals surface area (Å²) in [5.74, 6) is 6.91. The molecule has 2 aliphatic rings. The summed E-state index contributed by atoms with van der Waals surface area (Å²) in [4.78, 5) is 11.1. The van der Waals surface area contributed by atoms with Crippen molar-refractivity contribution in [3.8, 4) is 17.6 Å². The Hall–Kier alpha value is -2.62. The number of hydrogen-bond donors (Lipinski definition) is 2. The Kier molecular flexibility index (Phi) is 5.98. The molecule has 1 saturated carbocycles. The second-order valence-electron chi connectivity index (χ2n) is 7.45. The molecule has 0 atom stereocenters. The van der Waals surface area contributed by atoms with Gasteiger partial charge in [0.05, 0.1) is 18.4 Å². The molecule has 0 amide bonds. The van der Waals surface area contributed by atoms with E-state index in [1.54, 1.807) is 12.1 Å². The molecule has 0 aromatic heterocycles. The van der Waals surface area contributed by atoms with Gasteiger partial charge in [-0.15, -0.1) is 0 Å². The molecule has 6 heteroatoms. The molecule has 0 unspecified atom stereocenters. The molecular weight excluding hydrogens is 384 g/mol. The zero-order chi connectivity index (χ0) is 20.2. The van der Waals surface area contributed by atoms with Crippen LogP contribution in [0.5, 0.6) is 5.75 Å². The summed E-state index contributed by atoms with van der Waals surface area (Å²) in [5.41, 5.74) is 4.69. The molecule has 1 aliphatic heterocycles. The highest BCUT2D eigenvalue weighted by molar-refractivity contribution is 7.98. The van der Waals surface area contributed by atoms with Crippen LogP contribution in [0.2, 0.25) is 0 Å². The maximum absolute atomic E-state index is 11.1. The predicted octanol–water partition coefficient (Wildman–Crippen LogP) is 4.93. The first-order valence-electron chi connectivity index (χ1n) is 9.85. The molecule has 29 heavy (non-hydrogen) atoms. The van der Waals surface area contributed by atoms with Gasteiger partial charge in [-0.25, -0.2) is 9.10 Å². The number of nitrogens with zero attached hydrogens (tertiary/aromatic N) is 1. The SMILES string of the molecule is COc1cc(C(=O)O)ccc1NSN1Cc2ccc(C#CC3CCCC3)cc2C1. The molecule has 1 fully saturated rings. The number of aromatic carboxylic acids is 1. The second-order valence-corrected chi connectivity index (χ2v) is 8.35. The number of methoxy groups -OCH3 is 1. The van der Waals surface area contributed by atoms with Gasteiger partial charge in [-0.1, -0.05) is 30.7 Å². The average molecular weight is 409 g/mol. The van der Waals surface area contributed by atoms with Crippen molar-refractivity contribution in [2.45, 2.75) is 38.8 Å². The number of ether oxygens (including phenoxy) is 1. The van der Waals surface area contributed by atoms with Gasteiger partial charge in [-0.05, 0) is 54.3 Å². The summed E-state index contributed by atoms with van der Waals surface area (Å²) < 4.78 is 10.8. The van der Waals surface area contributed by atoms with Crippen LogP contribution in [0.25, 0.3) is 0 Å². The van der Waals surface area contributed by atoms with Crippen molar-refractivity contribution in [2.24, 2.45) is 5.92 Å². The molecule has 0 spiro atoms. The molecule has 150 valence electrons.